The number of rotatable bonds is 33. The van der Waals surface area contributed by atoms with Gasteiger partial charge in [-0.05, 0) is 37.0 Å². The molecule has 51 heavy (non-hydrogen) atoms. The maximum Gasteiger partial charge on any atom is 0.354 e. The van der Waals surface area contributed by atoms with Gasteiger partial charge >= 0.3 is 11.9 Å². The van der Waals surface area contributed by atoms with Crippen molar-refractivity contribution in [2.45, 2.75) is 175 Å². The molecular weight excluding hydrogens is 642 g/mol. The highest BCUT2D eigenvalue weighted by Gasteiger charge is 2.22. The number of hydrogen-bond donors (Lipinski definition) is 2. The number of carbonyl (C=O) groups is 2. The molecule has 8 heteroatoms. The number of unbranched alkanes of at least 4 members (excludes halogenated alkanes) is 21. The Morgan fingerprint density at radius 1 is 0.471 bits per heavy atom. The van der Waals surface area contributed by atoms with Crippen molar-refractivity contribution in [3.8, 4) is 28.4 Å². The molecule has 0 unspecified atom stereocenters. The van der Waals surface area contributed by atoms with Crippen LogP contribution >= 0.6 is 0 Å². The smallest absolute Gasteiger partial charge is 0.354 e. The number of hydrogen-bond acceptors (Lipinski definition) is 6. The topological polar surface area (TPSA) is 115 Å². The highest BCUT2D eigenvalue weighted by molar-refractivity contribution is 5.93. The van der Waals surface area contributed by atoms with Crippen LogP contribution in [0.3, 0.4) is 0 Å². The Morgan fingerprint density at radius 2 is 0.784 bits per heavy atom. The molecule has 2 aromatic rings. The van der Waals surface area contributed by atoms with E-state index in [1.165, 1.54) is 115 Å². The van der Waals surface area contributed by atoms with Crippen LogP contribution in [-0.4, -0.2) is 47.0 Å². The highest BCUT2D eigenvalue weighted by Crippen LogP contribution is 2.43. The van der Waals surface area contributed by atoms with Crippen LogP contribution in [0.5, 0.6) is 17.2 Å². The molecule has 0 aliphatic carbocycles. The van der Waals surface area contributed by atoms with E-state index in [0.717, 1.165) is 51.4 Å². The van der Waals surface area contributed by atoms with Crippen molar-refractivity contribution in [1.29, 1.82) is 0 Å². The van der Waals surface area contributed by atoms with Crippen LogP contribution in [0.2, 0.25) is 0 Å². The minimum atomic E-state index is -1.30. The number of aromatic carboxylic acids is 2. The molecule has 288 valence electrons. The molecule has 1 aromatic heterocycles. The van der Waals surface area contributed by atoms with Crippen molar-refractivity contribution in [3.05, 3.63) is 35.7 Å². The number of benzene rings is 1. The molecule has 8 nitrogen and oxygen atoms in total. The van der Waals surface area contributed by atoms with E-state index < -0.39 is 11.9 Å². The molecule has 0 aliphatic rings. The Morgan fingerprint density at radius 3 is 1.12 bits per heavy atom. The Labute approximate surface area is 309 Å². The Kier molecular flexibility index (Phi) is 24.4. The first-order valence-corrected chi connectivity index (χ1v) is 20.5. The van der Waals surface area contributed by atoms with E-state index in [4.69, 9.17) is 14.2 Å². The monoisotopic (exact) mass is 712 g/mol. The lowest BCUT2D eigenvalue weighted by Crippen LogP contribution is -2.09. The van der Waals surface area contributed by atoms with E-state index in [1.54, 1.807) is 0 Å². The van der Waals surface area contributed by atoms with E-state index in [-0.39, 0.29) is 11.4 Å². The van der Waals surface area contributed by atoms with Gasteiger partial charge in [0.15, 0.2) is 0 Å². The molecule has 0 bridgehead atoms. The lowest BCUT2D eigenvalue weighted by atomic mass is 10.0. The summed E-state index contributed by atoms with van der Waals surface area (Å²) in [6, 6.07) is 6.49. The minimum Gasteiger partial charge on any atom is -0.493 e. The summed E-state index contributed by atoms with van der Waals surface area (Å²) in [5.74, 6) is -0.975. The average molecular weight is 712 g/mol. The number of pyridine rings is 1. The summed E-state index contributed by atoms with van der Waals surface area (Å²) in [6.45, 7) is 8.22. The summed E-state index contributed by atoms with van der Waals surface area (Å²) >= 11 is 0. The van der Waals surface area contributed by atoms with Crippen LogP contribution in [-0.2, 0) is 0 Å². The molecule has 1 heterocycles. The van der Waals surface area contributed by atoms with Crippen molar-refractivity contribution in [1.82, 2.24) is 4.98 Å². The Hall–Kier alpha value is -3.29. The third-order valence-electron chi connectivity index (χ3n) is 9.37. The number of ether oxygens (including phenoxy) is 3. The summed E-state index contributed by atoms with van der Waals surface area (Å²) in [4.78, 5) is 27.9. The van der Waals surface area contributed by atoms with E-state index in [9.17, 15) is 19.8 Å². The minimum absolute atomic E-state index is 0.344. The third-order valence-corrected chi connectivity index (χ3v) is 9.37. The molecule has 0 saturated heterocycles. The van der Waals surface area contributed by atoms with Gasteiger partial charge in [0.2, 0.25) is 0 Å². The first kappa shape index (κ1) is 43.9. The van der Waals surface area contributed by atoms with Gasteiger partial charge in [-0.15, -0.1) is 0 Å². The average Bonchev–Trinajstić information content (AvgIpc) is 3.12. The molecule has 0 saturated carbocycles. The fraction of sp³-hybridized carbons (Fsp3) is 0.698. The zero-order chi connectivity index (χ0) is 36.9. The molecule has 2 rings (SSSR count). The standard InChI is InChI=1S/C43H69NO7/c1-4-7-10-13-16-19-22-25-28-49-36-33-39(50-29-26-23-20-17-14-11-8-5-2)41(35-31-37(42(45)46)44-38(32-35)43(47)48)40(34-36)51-30-27-24-21-18-15-12-9-6-3/h31-34H,4-30H2,1-3H3,(H,45,46)(H,47,48). The van der Waals surface area contributed by atoms with Gasteiger partial charge in [-0.1, -0.05) is 156 Å². The second kappa shape index (κ2) is 28.3. The van der Waals surface area contributed by atoms with Crippen LogP contribution in [0.4, 0.5) is 0 Å². The van der Waals surface area contributed by atoms with Crippen molar-refractivity contribution in [2.24, 2.45) is 0 Å². The van der Waals surface area contributed by atoms with Crippen molar-refractivity contribution in [2.75, 3.05) is 19.8 Å². The van der Waals surface area contributed by atoms with E-state index in [1.807, 2.05) is 12.1 Å². The number of carboxylic acids is 2. The highest BCUT2D eigenvalue weighted by atomic mass is 16.5. The molecule has 0 aliphatic heterocycles. The van der Waals surface area contributed by atoms with Gasteiger partial charge in [0.05, 0.1) is 25.4 Å². The quantitative estimate of drug-likeness (QED) is 0.0703. The Balaban J connectivity index is 2.28. The van der Waals surface area contributed by atoms with E-state index in [2.05, 4.69) is 25.8 Å². The second-order valence-corrected chi connectivity index (χ2v) is 14.0. The van der Waals surface area contributed by atoms with E-state index >= 15 is 0 Å². The fourth-order valence-corrected chi connectivity index (χ4v) is 6.32. The second-order valence-electron chi connectivity index (χ2n) is 14.0. The van der Waals surface area contributed by atoms with Crippen LogP contribution in [0.1, 0.15) is 196 Å². The lowest BCUT2D eigenvalue weighted by molar-refractivity contribution is 0.0685. The summed E-state index contributed by atoms with van der Waals surface area (Å²) in [6.07, 6.45) is 28.4. The molecule has 0 radical (unpaired) electrons. The maximum absolute atomic E-state index is 12.0. The van der Waals surface area contributed by atoms with Gasteiger partial charge in [0, 0.05) is 12.1 Å². The van der Waals surface area contributed by atoms with Crippen molar-refractivity contribution < 1.29 is 34.0 Å². The summed E-state index contributed by atoms with van der Waals surface area (Å²) in [5, 5.41) is 19.6. The van der Waals surface area contributed by atoms with Crippen LogP contribution < -0.4 is 14.2 Å². The van der Waals surface area contributed by atoms with Gasteiger partial charge in [0.25, 0.3) is 0 Å². The van der Waals surface area contributed by atoms with Gasteiger partial charge in [-0.3, -0.25) is 0 Å². The normalized spacial score (nSPS) is 11.1. The summed E-state index contributed by atoms with van der Waals surface area (Å²) in [5.41, 5.74) is 0.221. The molecular formula is C43H69NO7. The van der Waals surface area contributed by atoms with Crippen molar-refractivity contribution in [3.63, 3.8) is 0 Å². The third kappa shape index (κ3) is 19.2. The molecule has 2 N–H and O–H groups in total. The summed E-state index contributed by atoms with van der Waals surface area (Å²) in [7, 11) is 0. The largest absolute Gasteiger partial charge is 0.493 e. The first-order valence-electron chi connectivity index (χ1n) is 20.5. The van der Waals surface area contributed by atoms with Gasteiger partial charge in [0.1, 0.15) is 28.6 Å². The number of carboxylic acid groups (broad SMARTS) is 2. The van der Waals surface area contributed by atoms with Gasteiger partial charge in [-0.2, -0.15) is 0 Å². The van der Waals surface area contributed by atoms with Crippen LogP contribution in [0, 0.1) is 0 Å². The number of nitrogens with zero attached hydrogens (tertiary/aromatic N) is 1. The first-order chi connectivity index (χ1) is 24.9. The van der Waals surface area contributed by atoms with Crippen LogP contribution in [0.25, 0.3) is 11.1 Å². The fourth-order valence-electron chi connectivity index (χ4n) is 6.32. The maximum atomic E-state index is 12.0. The SMILES string of the molecule is CCCCCCCCCCOc1cc(OCCCCCCCCCC)c(-c2cc(C(=O)O)nc(C(=O)O)c2)c(OCCCCCCCCCC)c1. The molecule has 0 spiro atoms. The van der Waals surface area contributed by atoms with E-state index in [0.29, 0.717) is 48.2 Å². The molecule has 1 aromatic carbocycles. The molecule has 0 amide bonds. The lowest BCUT2D eigenvalue weighted by Gasteiger charge is -2.19. The predicted octanol–water partition coefficient (Wildman–Crippen LogP) is 12.7. The van der Waals surface area contributed by atoms with Crippen molar-refractivity contribution >= 4 is 11.9 Å². The zero-order valence-electron chi connectivity index (χ0n) is 32.3. The zero-order valence-corrected chi connectivity index (χ0v) is 32.3. The summed E-state index contributed by atoms with van der Waals surface area (Å²) < 4.78 is 19.1. The molecule has 0 fully saturated rings. The Bertz CT molecular complexity index is 1160. The van der Waals surface area contributed by atoms with Gasteiger partial charge in [-0.25, -0.2) is 14.6 Å². The van der Waals surface area contributed by atoms with Crippen LogP contribution in [0.15, 0.2) is 24.3 Å². The number of aromatic nitrogens is 1. The molecule has 0 atom stereocenters. The van der Waals surface area contributed by atoms with Gasteiger partial charge < -0.3 is 24.4 Å². The predicted molar refractivity (Wildman–Crippen MR) is 208 cm³/mol.